The molecule has 1 unspecified atom stereocenters. The van der Waals surface area contributed by atoms with Crippen LogP contribution in [0.15, 0.2) is 57.3 Å². The second kappa shape index (κ2) is 10.8. The molecule has 0 aromatic heterocycles. The van der Waals surface area contributed by atoms with Crippen LogP contribution in [0.25, 0.3) is 0 Å². The van der Waals surface area contributed by atoms with Gasteiger partial charge in [0.1, 0.15) is 10.6 Å². The lowest BCUT2D eigenvalue weighted by Gasteiger charge is -2.39. The number of hydrogen-bond donors (Lipinski definition) is 3. The molecular formula is C26H31N5O5S. The van der Waals surface area contributed by atoms with Gasteiger partial charge < -0.3 is 15.3 Å². The lowest BCUT2D eigenvalue weighted by molar-refractivity contribution is -0.125. The van der Waals surface area contributed by atoms with Crippen LogP contribution in [0.4, 0.5) is 17.1 Å². The Morgan fingerprint density at radius 2 is 1.95 bits per heavy atom. The zero-order chi connectivity index (χ0) is 26.6. The number of likely N-dealkylation sites (tertiary alicyclic amines) is 1. The minimum atomic E-state index is -3.99. The third-order valence-corrected chi connectivity index (χ3v) is 8.26. The number of anilines is 1. The number of sulfonamides is 1. The van der Waals surface area contributed by atoms with E-state index in [1.807, 2.05) is 0 Å². The Morgan fingerprint density at radius 3 is 2.54 bits per heavy atom. The van der Waals surface area contributed by atoms with Gasteiger partial charge >= 0.3 is 0 Å². The summed E-state index contributed by atoms with van der Waals surface area (Å²) in [5.41, 5.74) is 0.291. The van der Waals surface area contributed by atoms with Crippen LogP contribution >= 0.6 is 0 Å². The highest BCUT2D eigenvalue weighted by molar-refractivity contribution is 7.92. The van der Waals surface area contributed by atoms with Gasteiger partial charge in [0, 0.05) is 43.0 Å². The van der Waals surface area contributed by atoms with Gasteiger partial charge in [0.05, 0.1) is 11.3 Å². The molecule has 2 aliphatic rings. The average molecular weight is 526 g/mol. The van der Waals surface area contributed by atoms with E-state index < -0.39 is 15.6 Å². The van der Waals surface area contributed by atoms with Crippen LogP contribution in [0.3, 0.4) is 0 Å². The Bertz CT molecular complexity index is 1320. The standard InChI is InChI=1S/C26H31N5O5S/c1-3-28-21-5-4-6-22(23(21)27-2)37(35,36)30-20-9-7-18(8-10-20)25(33)31-15-12-26(34,13-16-31)17-19-11-14-29-24(19)32/h3-10,19,30,34H,2,11-17H2,1H3,(H,29,32). The summed E-state index contributed by atoms with van der Waals surface area (Å²) < 4.78 is 28.6. The smallest absolute Gasteiger partial charge is 0.264 e. The highest BCUT2D eigenvalue weighted by atomic mass is 32.2. The lowest BCUT2D eigenvalue weighted by atomic mass is 9.82. The molecule has 2 heterocycles. The Labute approximate surface area is 216 Å². The van der Waals surface area contributed by atoms with Crippen LogP contribution in [0.5, 0.6) is 0 Å². The van der Waals surface area contributed by atoms with E-state index in [9.17, 15) is 23.1 Å². The topological polar surface area (TPSA) is 141 Å². The average Bonchev–Trinajstić information content (AvgIpc) is 3.28. The number of hydrogen-bond acceptors (Lipinski definition) is 7. The Morgan fingerprint density at radius 1 is 1.24 bits per heavy atom. The molecule has 2 aromatic rings. The number of aliphatic imine (C=N–C) groups is 2. The number of carbonyl (C=O) groups is 2. The van der Waals surface area contributed by atoms with E-state index in [4.69, 9.17) is 0 Å². The summed E-state index contributed by atoms with van der Waals surface area (Å²) in [6.45, 7) is 6.60. The van der Waals surface area contributed by atoms with Crippen molar-refractivity contribution in [3.8, 4) is 0 Å². The molecule has 196 valence electrons. The van der Waals surface area contributed by atoms with Crippen molar-refractivity contribution in [2.45, 2.75) is 43.1 Å². The molecule has 0 radical (unpaired) electrons. The first-order valence-corrected chi connectivity index (χ1v) is 13.6. The van der Waals surface area contributed by atoms with Gasteiger partial charge in [-0.15, -0.1) is 0 Å². The number of para-hydroxylation sites is 1. The minimum absolute atomic E-state index is 0.0122. The molecule has 11 heteroatoms. The second-order valence-electron chi connectivity index (χ2n) is 9.35. The number of nitrogens with zero attached hydrogens (tertiary/aromatic N) is 3. The van der Waals surface area contributed by atoms with Crippen LogP contribution in [0.2, 0.25) is 0 Å². The van der Waals surface area contributed by atoms with Gasteiger partial charge in [-0.1, -0.05) is 6.07 Å². The van der Waals surface area contributed by atoms with Crippen molar-refractivity contribution >= 4 is 51.8 Å². The summed E-state index contributed by atoms with van der Waals surface area (Å²) in [6.07, 6.45) is 3.48. The summed E-state index contributed by atoms with van der Waals surface area (Å²) in [6, 6.07) is 10.8. The molecule has 3 N–H and O–H groups in total. The Balaban J connectivity index is 1.40. The van der Waals surface area contributed by atoms with Crippen LogP contribution in [0, 0.1) is 5.92 Å². The molecule has 0 saturated carbocycles. The summed E-state index contributed by atoms with van der Waals surface area (Å²) in [5.74, 6) is -0.385. The first-order valence-electron chi connectivity index (χ1n) is 12.2. The van der Waals surface area contributed by atoms with E-state index in [0.29, 0.717) is 55.8 Å². The van der Waals surface area contributed by atoms with E-state index in [1.165, 1.54) is 18.2 Å². The monoisotopic (exact) mass is 525 g/mol. The van der Waals surface area contributed by atoms with Crippen LogP contribution < -0.4 is 10.0 Å². The summed E-state index contributed by atoms with van der Waals surface area (Å²) in [4.78, 5) is 34.5. The zero-order valence-electron chi connectivity index (χ0n) is 20.7. The normalized spacial score (nSPS) is 19.6. The Kier molecular flexibility index (Phi) is 7.74. The molecule has 2 fully saturated rings. The molecule has 4 rings (SSSR count). The number of amides is 2. The number of piperidine rings is 1. The van der Waals surface area contributed by atoms with E-state index in [-0.39, 0.29) is 28.3 Å². The summed E-state index contributed by atoms with van der Waals surface area (Å²) in [5, 5.41) is 13.7. The van der Waals surface area contributed by atoms with Crippen molar-refractivity contribution in [3.63, 3.8) is 0 Å². The molecule has 10 nitrogen and oxygen atoms in total. The van der Waals surface area contributed by atoms with E-state index in [1.54, 1.807) is 42.3 Å². The number of nitrogens with one attached hydrogen (secondary N) is 2. The maximum atomic E-state index is 13.0. The predicted molar refractivity (Wildman–Crippen MR) is 143 cm³/mol. The molecule has 2 saturated heterocycles. The van der Waals surface area contributed by atoms with E-state index in [0.717, 1.165) is 6.42 Å². The largest absolute Gasteiger partial charge is 0.390 e. The molecule has 1 atom stereocenters. The van der Waals surface area contributed by atoms with Gasteiger partial charge in [-0.25, -0.2) is 8.42 Å². The predicted octanol–water partition coefficient (Wildman–Crippen LogP) is 3.04. The van der Waals surface area contributed by atoms with Crippen LogP contribution in [0.1, 0.15) is 43.0 Å². The minimum Gasteiger partial charge on any atom is -0.390 e. The highest BCUT2D eigenvalue weighted by Crippen LogP contribution is 2.35. The van der Waals surface area contributed by atoms with Gasteiger partial charge in [-0.05, 0) is 75.7 Å². The number of carbonyl (C=O) groups excluding carboxylic acids is 2. The van der Waals surface area contributed by atoms with Crippen LogP contribution in [-0.4, -0.2) is 68.4 Å². The molecule has 37 heavy (non-hydrogen) atoms. The molecule has 2 amide bonds. The summed E-state index contributed by atoms with van der Waals surface area (Å²) in [7, 11) is -3.99. The second-order valence-corrected chi connectivity index (χ2v) is 11.0. The van der Waals surface area contributed by atoms with Gasteiger partial charge in [0.15, 0.2) is 0 Å². The molecule has 2 aliphatic heterocycles. The fourth-order valence-corrected chi connectivity index (χ4v) is 6.07. The van der Waals surface area contributed by atoms with E-state index >= 15 is 0 Å². The zero-order valence-corrected chi connectivity index (χ0v) is 21.5. The van der Waals surface area contributed by atoms with Crippen molar-refractivity contribution in [1.82, 2.24) is 10.2 Å². The number of rotatable bonds is 8. The highest BCUT2D eigenvalue weighted by Gasteiger charge is 2.39. The first-order chi connectivity index (χ1) is 17.7. The molecule has 0 aliphatic carbocycles. The molecule has 2 aromatic carbocycles. The van der Waals surface area contributed by atoms with E-state index in [2.05, 4.69) is 26.7 Å². The van der Waals surface area contributed by atoms with Crippen molar-refractivity contribution in [3.05, 3.63) is 48.0 Å². The molecular weight excluding hydrogens is 494 g/mol. The van der Waals surface area contributed by atoms with Crippen molar-refractivity contribution < 1.29 is 23.1 Å². The molecule has 0 spiro atoms. The lowest BCUT2D eigenvalue weighted by Crippen LogP contribution is -2.48. The van der Waals surface area contributed by atoms with Crippen molar-refractivity contribution in [1.29, 1.82) is 0 Å². The molecule has 0 bridgehead atoms. The summed E-state index contributed by atoms with van der Waals surface area (Å²) >= 11 is 0. The maximum absolute atomic E-state index is 13.0. The Hall–Kier alpha value is -3.57. The van der Waals surface area contributed by atoms with Crippen LogP contribution in [-0.2, 0) is 14.8 Å². The van der Waals surface area contributed by atoms with Gasteiger partial charge in [-0.3, -0.25) is 24.3 Å². The van der Waals surface area contributed by atoms with Gasteiger partial charge in [-0.2, -0.15) is 0 Å². The van der Waals surface area contributed by atoms with Crippen molar-refractivity contribution in [2.24, 2.45) is 15.9 Å². The third-order valence-electron chi connectivity index (χ3n) is 6.85. The fourth-order valence-electron chi connectivity index (χ4n) is 4.83. The van der Waals surface area contributed by atoms with Gasteiger partial charge in [0.25, 0.3) is 15.9 Å². The van der Waals surface area contributed by atoms with Gasteiger partial charge in [0.2, 0.25) is 5.91 Å². The quantitative estimate of drug-likeness (QED) is 0.455. The maximum Gasteiger partial charge on any atom is 0.264 e. The third kappa shape index (κ3) is 5.89. The SMILES string of the molecule is C=Nc1c(N=CC)cccc1S(=O)(=O)Nc1ccc(C(=O)N2CCC(O)(CC3CCNC3=O)CC2)cc1. The number of aliphatic hydroxyl groups is 1. The number of benzene rings is 2. The first kappa shape index (κ1) is 26.5. The fraction of sp³-hybridized carbons (Fsp3) is 0.385. The van der Waals surface area contributed by atoms with Crippen molar-refractivity contribution in [2.75, 3.05) is 24.4 Å².